The molecule has 0 aliphatic heterocycles. The summed E-state index contributed by atoms with van der Waals surface area (Å²) in [4.78, 5) is 12.1. The molecule has 1 atom stereocenters. The van der Waals surface area contributed by atoms with E-state index in [0.717, 1.165) is 5.56 Å². The van der Waals surface area contributed by atoms with Crippen LogP contribution in [0.25, 0.3) is 0 Å². The summed E-state index contributed by atoms with van der Waals surface area (Å²) in [5.74, 6) is -0.146. The highest BCUT2D eigenvalue weighted by Gasteiger charge is 2.13. The Hall–Kier alpha value is -2.00. The molecule has 0 aromatic heterocycles. The van der Waals surface area contributed by atoms with Crippen molar-refractivity contribution in [2.45, 2.75) is 13.0 Å². The maximum atomic E-state index is 12.1. The highest BCUT2D eigenvalue weighted by Crippen LogP contribution is 2.22. The number of rotatable bonds is 3. The van der Waals surface area contributed by atoms with Gasteiger partial charge in [-0.25, -0.2) is 0 Å². The second-order valence-corrected chi connectivity index (χ2v) is 4.75. The molecule has 3 nitrogen and oxygen atoms in total. The molecule has 1 amide bonds. The average Bonchev–Trinajstić information content (AvgIpc) is 2.39. The summed E-state index contributed by atoms with van der Waals surface area (Å²) in [7, 11) is 0. The molecule has 2 aromatic rings. The van der Waals surface area contributed by atoms with Crippen LogP contribution in [0.5, 0.6) is 0 Å². The second-order valence-electron chi connectivity index (χ2n) is 4.34. The first kappa shape index (κ1) is 13.4. The Bertz CT molecular complexity index is 581. The number of nitrogens with two attached hydrogens (primary N) is 1. The van der Waals surface area contributed by atoms with Gasteiger partial charge in [0.15, 0.2) is 0 Å². The molecule has 2 rings (SSSR count). The van der Waals surface area contributed by atoms with Gasteiger partial charge in [-0.05, 0) is 42.8 Å². The summed E-state index contributed by atoms with van der Waals surface area (Å²) in [6.07, 6.45) is 0. The standard InChI is InChI=1S/C15H15ClN2O/c1-10(13-4-2-3-5-14(13)16)18-15(19)11-6-8-12(17)9-7-11/h2-10H,17H2,1H3,(H,18,19)/t10-/m1/s1. The van der Waals surface area contributed by atoms with Crippen LogP contribution in [0.3, 0.4) is 0 Å². The first-order valence-corrected chi connectivity index (χ1v) is 6.36. The number of halogens is 1. The zero-order chi connectivity index (χ0) is 13.8. The predicted molar refractivity (Wildman–Crippen MR) is 78.2 cm³/mol. The SMILES string of the molecule is C[C@@H](NC(=O)c1ccc(N)cc1)c1ccccc1Cl. The Balaban J connectivity index is 2.11. The van der Waals surface area contributed by atoms with Crippen molar-refractivity contribution in [1.82, 2.24) is 5.32 Å². The van der Waals surface area contributed by atoms with Gasteiger partial charge in [-0.3, -0.25) is 4.79 Å². The van der Waals surface area contributed by atoms with Crippen LogP contribution in [0.4, 0.5) is 5.69 Å². The van der Waals surface area contributed by atoms with E-state index in [0.29, 0.717) is 16.3 Å². The zero-order valence-electron chi connectivity index (χ0n) is 10.6. The van der Waals surface area contributed by atoms with E-state index in [4.69, 9.17) is 17.3 Å². The first-order valence-electron chi connectivity index (χ1n) is 5.99. The van der Waals surface area contributed by atoms with Crippen molar-refractivity contribution in [3.05, 3.63) is 64.7 Å². The summed E-state index contributed by atoms with van der Waals surface area (Å²) in [5.41, 5.74) is 7.70. The molecular formula is C15H15ClN2O. The summed E-state index contributed by atoms with van der Waals surface area (Å²) in [5, 5.41) is 3.55. The Kier molecular flexibility index (Phi) is 4.07. The number of hydrogen-bond donors (Lipinski definition) is 2. The summed E-state index contributed by atoms with van der Waals surface area (Å²) in [6, 6.07) is 14.1. The molecule has 4 heteroatoms. The lowest BCUT2D eigenvalue weighted by Gasteiger charge is -2.15. The number of amides is 1. The number of nitrogen functional groups attached to an aromatic ring is 1. The maximum absolute atomic E-state index is 12.1. The molecule has 0 saturated carbocycles. The van der Waals surface area contributed by atoms with Crippen LogP contribution < -0.4 is 11.1 Å². The van der Waals surface area contributed by atoms with Crippen molar-refractivity contribution in [2.24, 2.45) is 0 Å². The van der Waals surface area contributed by atoms with Crippen molar-refractivity contribution in [1.29, 1.82) is 0 Å². The average molecular weight is 275 g/mol. The quantitative estimate of drug-likeness (QED) is 0.843. The fourth-order valence-electron chi connectivity index (χ4n) is 1.82. The Labute approximate surface area is 117 Å². The van der Waals surface area contributed by atoms with Crippen LogP contribution in [-0.2, 0) is 0 Å². The molecule has 0 aliphatic rings. The van der Waals surface area contributed by atoms with Crippen LogP contribution in [0, 0.1) is 0 Å². The number of benzene rings is 2. The van der Waals surface area contributed by atoms with Crippen molar-refractivity contribution < 1.29 is 4.79 Å². The molecule has 0 heterocycles. The van der Waals surface area contributed by atoms with Crippen molar-refractivity contribution in [3.63, 3.8) is 0 Å². The molecule has 0 fully saturated rings. The number of nitrogens with one attached hydrogen (secondary N) is 1. The molecule has 0 unspecified atom stereocenters. The maximum Gasteiger partial charge on any atom is 0.251 e. The third-order valence-electron chi connectivity index (χ3n) is 2.89. The van der Waals surface area contributed by atoms with Crippen LogP contribution in [0.15, 0.2) is 48.5 Å². The van der Waals surface area contributed by atoms with Gasteiger partial charge in [0.2, 0.25) is 0 Å². The molecule has 2 aromatic carbocycles. The van der Waals surface area contributed by atoms with Gasteiger partial charge in [0.25, 0.3) is 5.91 Å². The zero-order valence-corrected chi connectivity index (χ0v) is 11.3. The third kappa shape index (κ3) is 3.26. The van der Waals surface area contributed by atoms with E-state index in [1.54, 1.807) is 24.3 Å². The molecular weight excluding hydrogens is 260 g/mol. The Morgan fingerprint density at radius 1 is 1.16 bits per heavy atom. The monoisotopic (exact) mass is 274 g/mol. The molecule has 0 saturated heterocycles. The smallest absolute Gasteiger partial charge is 0.251 e. The molecule has 98 valence electrons. The van der Waals surface area contributed by atoms with Gasteiger partial charge in [0.05, 0.1) is 6.04 Å². The molecule has 3 N–H and O–H groups in total. The van der Waals surface area contributed by atoms with Gasteiger partial charge in [-0.2, -0.15) is 0 Å². The van der Waals surface area contributed by atoms with Gasteiger partial charge in [0, 0.05) is 16.3 Å². The predicted octanol–water partition coefficient (Wildman–Crippen LogP) is 3.41. The minimum atomic E-state index is -0.154. The third-order valence-corrected chi connectivity index (χ3v) is 3.24. The number of carbonyl (C=O) groups is 1. The van der Waals surface area contributed by atoms with Gasteiger partial charge in [0.1, 0.15) is 0 Å². The van der Waals surface area contributed by atoms with Gasteiger partial charge in [-0.15, -0.1) is 0 Å². The largest absolute Gasteiger partial charge is 0.399 e. The van der Waals surface area contributed by atoms with Gasteiger partial charge >= 0.3 is 0 Å². The summed E-state index contributed by atoms with van der Waals surface area (Å²) < 4.78 is 0. The normalized spacial score (nSPS) is 11.9. The van der Waals surface area contributed by atoms with E-state index < -0.39 is 0 Å². The van der Waals surface area contributed by atoms with E-state index >= 15 is 0 Å². The van der Waals surface area contributed by atoms with Crippen LogP contribution in [0.1, 0.15) is 28.9 Å². The molecule has 19 heavy (non-hydrogen) atoms. The van der Waals surface area contributed by atoms with Gasteiger partial charge < -0.3 is 11.1 Å². The lowest BCUT2D eigenvalue weighted by Crippen LogP contribution is -2.26. The van der Waals surface area contributed by atoms with Crippen molar-refractivity contribution in [3.8, 4) is 0 Å². The summed E-state index contributed by atoms with van der Waals surface area (Å²) >= 11 is 6.10. The Morgan fingerprint density at radius 2 is 1.79 bits per heavy atom. The Morgan fingerprint density at radius 3 is 2.42 bits per heavy atom. The molecule has 0 bridgehead atoms. The van der Waals surface area contributed by atoms with E-state index in [1.165, 1.54) is 0 Å². The fourth-order valence-corrected chi connectivity index (χ4v) is 2.12. The lowest BCUT2D eigenvalue weighted by atomic mass is 10.1. The van der Waals surface area contributed by atoms with Crippen LogP contribution in [0.2, 0.25) is 5.02 Å². The van der Waals surface area contributed by atoms with Crippen LogP contribution >= 0.6 is 11.6 Å². The number of anilines is 1. The molecule has 0 spiro atoms. The summed E-state index contributed by atoms with van der Waals surface area (Å²) in [6.45, 7) is 1.90. The van der Waals surface area contributed by atoms with E-state index in [1.807, 2.05) is 31.2 Å². The van der Waals surface area contributed by atoms with Crippen molar-refractivity contribution in [2.75, 3.05) is 5.73 Å². The second kappa shape index (κ2) is 5.76. The lowest BCUT2D eigenvalue weighted by molar-refractivity contribution is 0.0940. The van der Waals surface area contributed by atoms with Gasteiger partial charge in [-0.1, -0.05) is 29.8 Å². The van der Waals surface area contributed by atoms with Crippen LogP contribution in [-0.4, -0.2) is 5.91 Å². The van der Waals surface area contributed by atoms with Crippen molar-refractivity contribution >= 4 is 23.2 Å². The molecule has 0 aliphatic carbocycles. The number of hydrogen-bond acceptors (Lipinski definition) is 2. The highest BCUT2D eigenvalue weighted by atomic mass is 35.5. The van der Waals surface area contributed by atoms with E-state index in [9.17, 15) is 4.79 Å². The van der Waals surface area contributed by atoms with E-state index in [2.05, 4.69) is 5.32 Å². The minimum absolute atomic E-state index is 0.146. The fraction of sp³-hybridized carbons (Fsp3) is 0.133. The minimum Gasteiger partial charge on any atom is -0.399 e. The number of carbonyl (C=O) groups excluding carboxylic acids is 1. The van der Waals surface area contributed by atoms with E-state index in [-0.39, 0.29) is 11.9 Å². The highest BCUT2D eigenvalue weighted by molar-refractivity contribution is 6.31. The molecule has 0 radical (unpaired) electrons. The topological polar surface area (TPSA) is 55.1 Å². The first-order chi connectivity index (χ1) is 9.08.